The van der Waals surface area contributed by atoms with Gasteiger partial charge in [-0.3, -0.25) is 4.79 Å². The van der Waals surface area contributed by atoms with Gasteiger partial charge in [0.05, 0.1) is 0 Å². The predicted molar refractivity (Wildman–Crippen MR) is 69.4 cm³/mol. The molecule has 2 aliphatic rings. The van der Waals surface area contributed by atoms with E-state index < -0.39 is 0 Å². The van der Waals surface area contributed by atoms with Gasteiger partial charge in [-0.05, 0) is 37.8 Å². The van der Waals surface area contributed by atoms with E-state index in [1.54, 1.807) is 0 Å². The van der Waals surface area contributed by atoms with Gasteiger partial charge in [0.1, 0.15) is 5.78 Å². The molecule has 2 unspecified atom stereocenters. The van der Waals surface area contributed by atoms with Crippen LogP contribution in [0, 0.1) is 13.8 Å². The highest BCUT2D eigenvalue weighted by Crippen LogP contribution is 2.40. The fourth-order valence-corrected chi connectivity index (χ4v) is 3.55. The number of piperidine rings is 1. The second-order valence-corrected chi connectivity index (χ2v) is 5.48. The van der Waals surface area contributed by atoms with E-state index in [0.29, 0.717) is 17.9 Å². The summed E-state index contributed by atoms with van der Waals surface area (Å²) < 4.78 is 0. The van der Waals surface area contributed by atoms with Crippen molar-refractivity contribution in [1.29, 1.82) is 0 Å². The highest BCUT2D eigenvalue weighted by atomic mass is 16.1. The summed E-state index contributed by atoms with van der Waals surface area (Å²) in [6.07, 6.45) is 3.88. The summed E-state index contributed by atoms with van der Waals surface area (Å²) in [7, 11) is 0. The molecule has 0 radical (unpaired) electrons. The molecule has 0 aromatic heterocycles. The van der Waals surface area contributed by atoms with Gasteiger partial charge in [-0.15, -0.1) is 0 Å². The quantitative estimate of drug-likeness (QED) is 0.738. The largest absolute Gasteiger partial charge is 0.364 e. The zero-order chi connectivity index (χ0) is 12.0. The van der Waals surface area contributed by atoms with Crippen molar-refractivity contribution >= 4 is 11.5 Å². The summed E-state index contributed by atoms with van der Waals surface area (Å²) in [5.41, 5.74) is 4.07. The number of hydrogen-bond donors (Lipinski definition) is 0. The van der Waals surface area contributed by atoms with Crippen LogP contribution in [0.2, 0.25) is 0 Å². The van der Waals surface area contributed by atoms with Crippen molar-refractivity contribution in [2.45, 2.75) is 51.6 Å². The van der Waals surface area contributed by atoms with Gasteiger partial charge in [0, 0.05) is 30.6 Å². The Hall–Kier alpha value is -1.31. The van der Waals surface area contributed by atoms with Crippen molar-refractivity contribution in [3.63, 3.8) is 0 Å². The molecule has 0 N–H and O–H groups in total. The van der Waals surface area contributed by atoms with Gasteiger partial charge in [0.15, 0.2) is 0 Å². The van der Waals surface area contributed by atoms with Crippen molar-refractivity contribution in [1.82, 2.24) is 0 Å². The van der Waals surface area contributed by atoms with E-state index in [4.69, 9.17) is 0 Å². The zero-order valence-electron chi connectivity index (χ0n) is 10.6. The van der Waals surface area contributed by atoms with Crippen LogP contribution in [0.4, 0.5) is 5.69 Å². The number of ketones is 1. The third-order valence-electron chi connectivity index (χ3n) is 4.24. The average molecular weight is 229 g/mol. The average Bonchev–Trinajstić information content (AvgIpc) is 2.54. The molecule has 2 bridgehead atoms. The molecule has 1 aromatic rings. The molecule has 0 aliphatic carbocycles. The van der Waals surface area contributed by atoms with Crippen LogP contribution < -0.4 is 4.90 Å². The number of anilines is 1. The molecule has 17 heavy (non-hydrogen) atoms. The molecule has 2 atom stereocenters. The van der Waals surface area contributed by atoms with Crippen LogP contribution in [0.15, 0.2) is 18.2 Å². The third-order valence-corrected chi connectivity index (χ3v) is 4.24. The molecule has 2 heterocycles. The highest BCUT2D eigenvalue weighted by Gasteiger charge is 2.40. The van der Waals surface area contributed by atoms with Crippen LogP contribution in [0.3, 0.4) is 0 Å². The van der Waals surface area contributed by atoms with E-state index in [1.165, 1.54) is 29.7 Å². The number of aryl methyl sites for hydroxylation is 2. The monoisotopic (exact) mass is 229 g/mol. The van der Waals surface area contributed by atoms with Crippen molar-refractivity contribution in [3.8, 4) is 0 Å². The van der Waals surface area contributed by atoms with E-state index in [2.05, 4.69) is 36.9 Å². The Morgan fingerprint density at radius 1 is 1.06 bits per heavy atom. The van der Waals surface area contributed by atoms with E-state index in [0.717, 1.165) is 12.8 Å². The molecule has 0 amide bonds. The maximum atomic E-state index is 11.6. The summed E-state index contributed by atoms with van der Waals surface area (Å²) in [6.45, 7) is 4.36. The first-order chi connectivity index (χ1) is 8.16. The van der Waals surface area contributed by atoms with E-state index in [-0.39, 0.29) is 0 Å². The standard InChI is InChI=1S/C15H19NO/c1-10-4-3-5-11(2)15(10)16-12-6-7-13(16)9-14(17)8-12/h3-5,12-13H,6-9H2,1-2H3. The first-order valence-electron chi connectivity index (χ1n) is 6.53. The first-order valence-corrected chi connectivity index (χ1v) is 6.53. The first kappa shape index (κ1) is 10.8. The second kappa shape index (κ2) is 3.86. The molecule has 2 nitrogen and oxygen atoms in total. The lowest BCUT2D eigenvalue weighted by atomic mass is 9.97. The van der Waals surface area contributed by atoms with Crippen LogP contribution in [-0.2, 0) is 4.79 Å². The Labute approximate surface area is 103 Å². The Balaban J connectivity index is 2.03. The second-order valence-electron chi connectivity index (χ2n) is 5.48. The normalized spacial score (nSPS) is 27.6. The zero-order valence-corrected chi connectivity index (χ0v) is 10.6. The van der Waals surface area contributed by atoms with Crippen molar-refractivity contribution < 1.29 is 4.79 Å². The van der Waals surface area contributed by atoms with E-state index >= 15 is 0 Å². The SMILES string of the molecule is Cc1cccc(C)c1N1C2CCC1CC(=O)C2. The minimum Gasteiger partial charge on any atom is -0.364 e. The van der Waals surface area contributed by atoms with Crippen molar-refractivity contribution in [2.75, 3.05) is 4.90 Å². The highest BCUT2D eigenvalue weighted by molar-refractivity contribution is 5.83. The van der Waals surface area contributed by atoms with Crippen LogP contribution in [-0.4, -0.2) is 17.9 Å². The smallest absolute Gasteiger partial charge is 0.137 e. The lowest BCUT2D eigenvalue weighted by Crippen LogP contribution is -2.43. The van der Waals surface area contributed by atoms with Crippen LogP contribution >= 0.6 is 0 Å². The fraction of sp³-hybridized carbons (Fsp3) is 0.533. The molecule has 2 fully saturated rings. The number of nitrogens with zero attached hydrogens (tertiary/aromatic N) is 1. The van der Waals surface area contributed by atoms with Gasteiger partial charge in [0.2, 0.25) is 0 Å². The molecule has 2 saturated heterocycles. The molecule has 90 valence electrons. The molecule has 3 rings (SSSR count). The molecular formula is C15H19NO. The molecule has 2 aliphatic heterocycles. The summed E-state index contributed by atoms with van der Waals surface area (Å²) in [6, 6.07) is 7.39. The summed E-state index contributed by atoms with van der Waals surface area (Å²) in [5, 5.41) is 0. The number of carbonyl (C=O) groups is 1. The minimum atomic E-state index is 0.458. The predicted octanol–water partition coefficient (Wildman–Crippen LogP) is 3.00. The van der Waals surface area contributed by atoms with Gasteiger partial charge in [0.25, 0.3) is 0 Å². The van der Waals surface area contributed by atoms with Gasteiger partial charge < -0.3 is 4.90 Å². The van der Waals surface area contributed by atoms with Gasteiger partial charge >= 0.3 is 0 Å². The summed E-state index contributed by atoms with van der Waals surface area (Å²) in [4.78, 5) is 14.2. The number of benzene rings is 1. The van der Waals surface area contributed by atoms with Crippen LogP contribution in [0.25, 0.3) is 0 Å². The maximum Gasteiger partial charge on any atom is 0.137 e. The number of rotatable bonds is 1. The summed E-state index contributed by atoms with van der Waals surface area (Å²) >= 11 is 0. The van der Waals surface area contributed by atoms with Crippen LogP contribution in [0.1, 0.15) is 36.8 Å². The van der Waals surface area contributed by atoms with E-state index in [1.807, 2.05) is 0 Å². The van der Waals surface area contributed by atoms with Gasteiger partial charge in [-0.25, -0.2) is 0 Å². The number of carbonyl (C=O) groups excluding carboxylic acids is 1. The number of Topliss-reactive ketones (excluding diaryl/α,β-unsaturated/α-hetero) is 1. The number of hydrogen-bond acceptors (Lipinski definition) is 2. The Morgan fingerprint density at radius 2 is 1.59 bits per heavy atom. The number of fused-ring (bicyclic) bond motifs is 2. The molecular weight excluding hydrogens is 210 g/mol. The fourth-order valence-electron chi connectivity index (χ4n) is 3.55. The molecule has 2 heteroatoms. The lowest BCUT2D eigenvalue weighted by molar-refractivity contribution is -0.120. The van der Waals surface area contributed by atoms with Gasteiger partial charge in [-0.1, -0.05) is 18.2 Å². The Kier molecular flexibility index (Phi) is 2.46. The topological polar surface area (TPSA) is 20.3 Å². The molecule has 0 spiro atoms. The van der Waals surface area contributed by atoms with E-state index in [9.17, 15) is 4.79 Å². The minimum absolute atomic E-state index is 0.458. The molecule has 1 aromatic carbocycles. The maximum absolute atomic E-state index is 11.6. The van der Waals surface area contributed by atoms with Gasteiger partial charge in [-0.2, -0.15) is 0 Å². The van der Waals surface area contributed by atoms with Crippen LogP contribution in [0.5, 0.6) is 0 Å². The lowest BCUT2D eigenvalue weighted by Gasteiger charge is -2.38. The Morgan fingerprint density at radius 3 is 2.12 bits per heavy atom. The van der Waals surface area contributed by atoms with Crippen molar-refractivity contribution in [2.24, 2.45) is 0 Å². The van der Waals surface area contributed by atoms with Crippen molar-refractivity contribution in [3.05, 3.63) is 29.3 Å². The Bertz CT molecular complexity index is 430. The molecule has 0 saturated carbocycles. The number of para-hydroxylation sites is 1. The summed E-state index contributed by atoms with van der Waals surface area (Å²) in [5.74, 6) is 0.458. The third kappa shape index (κ3) is 1.67.